The molecule has 0 aliphatic carbocycles. The van der Waals surface area contributed by atoms with E-state index in [0.29, 0.717) is 16.6 Å². The third-order valence-corrected chi connectivity index (χ3v) is 5.55. The standard InChI is InChI=1S/C23H22FN3O4/c1-4-31-23(30)26(3)20-16-6-5-11-25-19(16)21(28)18-17(20)13(2)27(22(18)29)12-14-7-9-15(24)10-8-14/h5-11,13,28H,4,12H2,1-3H3. The summed E-state index contributed by atoms with van der Waals surface area (Å²) in [5.74, 6) is -0.957. The number of nitrogens with zero attached hydrogens (tertiary/aromatic N) is 3. The second kappa shape index (κ2) is 7.86. The van der Waals surface area contributed by atoms with Crippen LogP contribution in [-0.4, -0.2) is 40.6 Å². The number of halogens is 1. The topological polar surface area (TPSA) is 83.0 Å². The van der Waals surface area contributed by atoms with Crippen molar-refractivity contribution in [3.63, 3.8) is 0 Å². The van der Waals surface area contributed by atoms with Crippen molar-refractivity contribution < 1.29 is 23.8 Å². The maximum Gasteiger partial charge on any atom is 0.414 e. The van der Waals surface area contributed by atoms with Crippen molar-refractivity contribution in [1.29, 1.82) is 0 Å². The highest BCUT2D eigenvalue weighted by Gasteiger charge is 2.41. The number of anilines is 1. The summed E-state index contributed by atoms with van der Waals surface area (Å²) >= 11 is 0. The van der Waals surface area contributed by atoms with E-state index >= 15 is 0 Å². The molecule has 160 valence electrons. The van der Waals surface area contributed by atoms with Crippen molar-refractivity contribution in [2.24, 2.45) is 0 Å². The van der Waals surface area contributed by atoms with Gasteiger partial charge in [-0.3, -0.25) is 14.7 Å². The van der Waals surface area contributed by atoms with Gasteiger partial charge in [-0.2, -0.15) is 0 Å². The number of rotatable bonds is 4. The Labute approximate surface area is 178 Å². The molecule has 0 bridgehead atoms. The molecular weight excluding hydrogens is 401 g/mol. The van der Waals surface area contributed by atoms with Crippen LogP contribution in [0.4, 0.5) is 14.9 Å². The van der Waals surface area contributed by atoms with Crippen LogP contribution in [0, 0.1) is 5.82 Å². The van der Waals surface area contributed by atoms with Crippen LogP contribution in [0.2, 0.25) is 0 Å². The molecule has 31 heavy (non-hydrogen) atoms. The van der Waals surface area contributed by atoms with Gasteiger partial charge in [0.2, 0.25) is 0 Å². The van der Waals surface area contributed by atoms with Gasteiger partial charge in [-0.05, 0) is 43.7 Å². The van der Waals surface area contributed by atoms with Gasteiger partial charge in [0.05, 0.1) is 23.9 Å². The molecule has 0 radical (unpaired) electrons. The summed E-state index contributed by atoms with van der Waals surface area (Å²) in [7, 11) is 1.57. The van der Waals surface area contributed by atoms with Gasteiger partial charge < -0.3 is 14.7 Å². The zero-order valence-corrected chi connectivity index (χ0v) is 17.4. The number of carbonyl (C=O) groups excluding carboxylic acids is 2. The first-order valence-electron chi connectivity index (χ1n) is 9.94. The molecule has 1 unspecified atom stereocenters. The van der Waals surface area contributed by atoms with Crippen LogP contribution in [-0.2, 0) is 11.3 Å². The monoisotopic (exact) mass is 423 g/mol. The van der Waals surface area contributed by atoms with Crippen LogP contribution >= 0.6 is 0 Å². The van der Waals surface area contributed by atoms with Gasteiger partial charge in [-0.1, -0.05) is 12.1 Å². The number of aromatic nitrogens is 1. The average molecular weight is 423 g/mol. The molecule has 1 aliphatic rings. The number of amides is 2. The van der Waals surface area contributed by atoms with E-state index in [0.717, 1.165) is 5.56 Å². The van der Waals surface area contributed by atoms with Crippen LogP contribution in [0.25, 0.3) is 10.9 Å². The van der Waals surface area contributed by atoms with Crippen LogP contribution in [0.3, 0.4) is 0 Å². The summed E-state index contributed by atoms with van der Waals surface area (Å²) in [5.41, 5.74) is 2.10. The molecule has 7 nitrogen and oxygen atoms in total. The van der Waals surface area contributed by atoms with Gasteiger partial charge in [0.25, 0.3) is 5.91 Å². The zero-order chi connectivity index (χ0) is 22.3. The maximum atomic E-state index is 13.3. The Morgan fingerprint density at radius 1 is 1.29 bits per heavy atom. The van der Waals surface area contributed by atoms with Crippen molar-refractivity contribution in [2.75, 3.05) is 18.6 Å². The second-order valence-corrected chi connectivity index (χ2v) is 7.38. The molecule has 0 saturated heterocycles. The van der Waals surface area contributed by atoms with E-state index in [1.54, 1.807) is 43.1 Å². The highest BCUT2D eigenvalue weighted by Crippen LogP contribution is 2.48. The Kier molecular flexibility index (Phi) is 5.22. The predicted octanol–water partition coefficient (Wildman–Crippen LogP) is 4.39. The van der Waals surface area contributed by atoms with Crippen molar-refractivity contribution in [3.8, 4) is 5.75 Å². The molecule has 2 aromatic carbocycles. The molecule has 0 saturated carbocycles. The summed E-state index contributed by atoms with van der Waals surface area (Å²) in [4.78, 5) is 33.1. The number of carbonyl (C=O) groups is 2. The summed E-state index contributed by atoms with van der Waals surface area (Å²) in [6.45, 7) is 3.96. The minimum Gasteiger partial charge on any atom is -0.505 e. The lowest BCUT2D eigenvalue weighted by atomic mass is 9.97. The number of hydrogen-bond donors (Lipinski definition) is 1. The lowest BCUT2D eigenvalue weighted by Crippen LogP contribution is -2.29. The number of aromatic hydroxyl groups is 1. The van der Waals surface area contributed by atoms with E-state index in [1.807, 2.05) is 6.92 Å². The third kappa shape index (κ3) is 3.34. The van der Waals surface area contributed by atoms with E-state index in [-0.39, 0.29) is 41.7 Å². The third-order valence-electron chi connectivity index (χ3n) is 5.55. The Hall–Kier alpha value is -3.68. The molecular formula is C23H22FN3O4. The largest absolute Gasteiger partial charge is 0.505 e. The fourth-order valence-corrected chi connectivity index (χ4v) is 4.06. The fraction of sp³-hybridized carbons (Fsp3) is 0.261. The smallest absolute Gasteiger partial charge is 0.414 e. The Balaban J connectivity index is 1.88. The first-order chi connectivity index (χ1) is 14.8. The highest BCUT2D eigenvalue weighted by molar-refractivity contribution is 6.14. The van der Waals surface area contributed by atoms with Crippen molar-refractivity contribution >= 4 is 28.6 Å². The van der Waals surface area contributed by atoms with E-state index in [2.05, 4.69) is 4.98 Å². The zero-order valence-electron chi connectivity index (χ0n) is 17.4. The van der Waals surface area contributed by atoms with E-state index in [1.165, 1.54) is 23.2 Å². The Bertz CT molecular complexity index is 1180. The molecule has 1 aliphatic heterocycles. The maximum absolute atomic E-state index is 13.3. The van der Waals surface area contributed by atoms with Crippen LogP contribution in [0.1, 0.15) is 41.4 Å². The van der Waals surface area contributed by atoms with E-state index < -0.39 is 12.1 Å². The highest BCUT2D eigenvalue weighted by atomic mass is 19.1. The number of pyridine rings is 1. The summed E-state index contributed by atoms with van der Waals surface area (Å²) in [6, 6.07) is 8.90. The van der Waals surface area contributed by atoms with Gasteiger partial charge in [0.1, 0.15) is 11.3 Å². The SMILES string of the molecule is CCOC(=O)N(C)c1c2c(c(O)c3ncccc13)C(=O)N(Cc1ccc(F)cc1)C2C. The van der Waals surface area contributed by atoms with Gasteiger partial charge in [0, 0.05) is 30.7 Å². The molecule has 8 heteroatoms. The van der Waals surface area contributed by atoms with Crippen LogP contribution in [0.5, 0.6) is 5.75 Å². The predicted molar refractivity (Wildman–Crippen MR) is 114 cm³/mol. The summed E-state index contributed by atoms with van der Waals surface area (Å²) in [5, 5.41) is 11.5. The minimum absolute atomic E-state index is 0.118. The molecule has 1 aromatic heterocycles. The average Bonchev–Trinajstić information content (AvgIpc) is 3.00. The van der Waals surface area contributed by atoms with Crippen molar-refractivity contribution in [3.05, 3.63) is 65.1 Å². The van der Waals surface area contributed by atoms with Crippen LogP contribution in [0.15, 0.2) is 42.6 Å². The van der Waals surface area contributed by atoms with Gasteiger partial charge >= 0.3 is 6.09 Å². The number of fused-ring (bicyclic) bond motifs is 2. The molecule has 0 spiro atoms. The molecule has 2 heterocycles. The normalized spacial score (nSPS) is 15.3. The molecule has 3 aromatic rings. The number of phenols is 1. The molecule has 0 fully saturated rings. The number of benzene rings is 2. The summed E-state index contributed by atoms with van der Waals surface area (Å²) in [6.07, 6.45) is 0.944. The second-order valence-electron chi connectivity index (χ2n) is 7.38. The Morgan fingerprint density at radius 3 is 2.68 bits per heavy atom. The molecule has 2 amide bonds. The van der Waals surface area contributed by atoms with Crippen LogP contribution < -0.4 is 4.90 Å². The first kappa shape index (κ1) is 20.6. The molecule has 1 N–H and O–H groups in total. The van der Waals surface area contributed by atoms with Crippen molar-refractivity contribution in [1.82, 2.24) is 9.88 Å². The van der Waals surface area contributed by atoms with Crippen molar-refractivity contribution in [2.45, 2.75) is 26.4 Å². The lowest BCUT2D eigenvalue weighted by Gasteiger charge is -2.26. The number of hydrogen-bond acceptors (Lipinski definition) is 5. The minimum atomic E-state index is -0.572. The Morgan fingerprint density at radius 2 is 2.00 bits per heavy atom. The number of phenolic OH excluding ortho intramolecular Hbond substituents is 1. The molecule has 4 rings (SSSR count). The van der Waals surface area contributed by atoms with Gasteiger partial charge in [0.15, 0.2) is 5.75 Å². The van der Waals surface area contributed by atoms with E-state index in [9.17, 15) is 19.1 Å². The summed E-state index contributed by atoms with van der Waals surface area (Å²) < 4.78 is 18.5. The van der Waals surface area contributed by atoms with Gasteiger partial charge in [-0.25, -0.2) is 9.18 Å². The number of ether oxygens (including phenoxy) is 1. The lowest BCUT2D eigenvalue weighted by molar-refractivity contribution is 0.0721. The molecule has 1 atom stereocenters. The van der Waals surface area contributed by atoms with Gasteiger partial charge in [-0.15, -0.1) is 0 Å². The fourth-order valence-electron chi connectivity index (χ4n) is 4.06. The first-order valence-corrected chi connectivity index (χ1v) is 9.94. The van der Waals surface area contributed by atoms with E-state index in [4.69, 9.17) is 4.74 Å². The quantitative estimate of drug-likeness (QED) is 0.673.